The van der Waals surface area contributed by atoms with E-state index in [0.717, 1.165) is 24.7 Å². The molecule has 0 aliphatic carbocycles. The molecular formula is C17H25N7O2. The molecule has 0 aromatic carbocycles. The average molecular weight is 359 g/mol. The number of aromatic nitrogens is 3. The normalized spacial score (nSPS) is 18.2. The summed E-state index contributed by atoms with van der Waals surface area (Å²) in [6.45, 7) is 4.07. The molecule has 2 aromatic rings. The second-order valence-electron chi connectivity index (χ2n) is 6.25. The molecule has 9 nitrogen and oxygen atoms in total. The minimum atomic E-state index is 0.197. The molecule has 1 fully saturated rings. The van der Waals surface area contributed by atoms with E-state index in [1.165, 1.54) is 0 Å². The zero-order chi connectivity index (χ0) is 18.4. The van der Waals surface area contributed by atoms with Crippen LogP contribution in [0.3, 0.4) is 0 Å². The Morgan fingerprint density at radius 2 is 2.42 bits per heavy atom. The van der Waals surface area contributed by atoms with Gasteiger partial charge in [0.15, 0.2) is 11.7 Å². The molecular weight excluding hydrogens is 334 g/mol. The van der Waals surface area contributed by atoms with E-state index in [9.17, 15) is 4.79 Å². The second kappa shape index (κ2) is 8.50. The van der Waals surface area contributed by atoms with Gasteiger partial charge in [-0.3, -0.25) is 14.9 Å². The van der Waals surface area contributed by atoms with Gasteiger partial charge in [-0.15, -0.1) is 0 Å². The van der Waals surface area contributed by atoms with Crippen molar-refractivity contribution in [3.63, 3.8) is 0 Å². The molecule has 1 amide bonds. The van der Waals surface area contributed by atoms with Gasteiger partial charge in [0.2, 0.25) is 11.7 Å². The minimum absolute atomic E-state index is 0.197. The van der Waals surface area contributed by atoms with Crippen LogP contribution in [-0.4, -0.2) is 64.7 Å². The highest BCUT2D eigenvalue weighted by molar-refractivity contribution is 5.81. The number of hydrogen-bond donors (Lipinski definition) is 3. The van der Waals surface area contributed by atoms with Crippen molar-refractivity contribution in [2.75, 3.05) is 26.7 Å². The van der Waals surface area contributed by atoms with Gasteiger partial charge in [-0.05, 0) is 25.5 Å². The number of carbonyl (C=O) groups excluding carboxylic acids is 1. The number of furan rings is 1. The number of aromatic amines is 1. The summed E-state index contributed by atoms with van der Waals surface area (Å²) in [5, 5.41) is 13.7. The quantitative estimate of drug-likeness (QED) is 0.519. The molecule has 3 N–H and O–H groups in total. The van der Waals surface area contributed by atoms with Crippen molar-refractivity contribution >= 4 is 11.9 Å². The Morgan fingerprint density at radius 1 is 1.54 bits per heavy atom. The Hall–Kier alpha value is -2.84. The first-order valence-electron chi connectivity index (χ1n) is 8.89. The third-order valence-corrected chi connectivity index (χ3v) is 4.20. The largest absolute Gasteiger partial charge is 0.461 e. The topological polar surface area (TPSA) is 111 Å². The van der Waals surface area contributed by atoms with E-state index < -0.39 is 0 Å². The summed E-state index contributed by atoms with van der Waals surface area (Å²) in [4.78, 5) is 22.4. The number of aliphatic imine (C=N–C) groups is 1. The molecule has 0 radical (unpaired) electrons. The number of nitrogens with zero attached hydrogens (tertiary/aromatic N) is 4. The maximum atomic E-state index is 11.6. The highest BCUT2D eigenvalue weighted by atomic mass is 16.3. The molecule has 3 rings (SSSR count). The van der Waals surface area contributed by atoms with Crippen LogP contribution in [0.25, 0.3) is 11.6 Å². The van der Waals surface area contributed by atoms with Gasteiger partial charge >= 0.3 is 0 Å². The van der Waals surface area contributed by atoms with Crippen LogP contribution in [0.2, 0.25) is 0 Å². The smallest absolute Gasteiger partial charge is 0.222 e. The molecule has 1 saturated heterocycles. The highest BCUT2D eigenvalue weighted by Gasteiger charge is 2.23. The number of rotatable bonds is 6. The van der Waals surface area contributed by atoms with Crippen molar-refractivity contribution in [1.29, 1.82) is 0 Å². The number of hydrogen-bond acceptors (Lipinski definition) is 5. The van der Waals surface area contributed by atoms with Gasteiger partial charge in [-0.1, -0.05) is 0 Å². The summed E-state index contributed by atoms with van der Waals surface area (Å²) >= 11 is 0. The Balaban J connectivity index is 1.53. The van der Waals surface area contributed by atoms with Crippen LogP contribution in [0, 0.1) is 0 Å². The molecule has 1 aliphatic rings. The summed E-state index contributed by atoms with van der Waals surface area (Å²) in [5.74, 6) is 2.91. The lowest BCUT2D eigenvalue weighted by Gasteiger charge is -2.31. The van der Waals surface area contributed by atoms with E-state index in [-0.39, 0.29) is 11.9 Å². The average Bonchev–Trinajstić information content (AvgIpc) is 3.29. The molecule has 1 aliphatic heterocycles. The maximum Gasteiger partial charge on any atom is 0.222 e. The van der Waals surface area contributed by atoms with Crippen molar-refractivity contribution in [1.82, 2.24) is 30.7 Å². The number of likely N-dealkylation sites (tertiary alicyclic amines) is 1. The summed E-state index contributed by atoms with van der Waals surface area (Å²) in [6, 6.07) is 3.84. The van der Waals surface area contributed by atoms with Crippen molar-refractivity contribution in [3.05, 3.63) is 24.2 Å². The van der Waals surface area contributed by atoms with Gasteiger partial charge in [0.25, 0.3) is 0 Å². The van der Waals surface area contributed by atoms with Gasteiger partial charge in [-0.25, -0.2) is 4.98 Å². The minimum Gasteiger partial charge on any atom is -0.461 e. The summed E-state index contributed by atoms with van der Waals surface area (Å²) in [6.07, 6.45) is 3.64. The van der Waals surface area contributed by atoms with Gasteiger partial charge in [0.05, 0.1) is 6.26 Å². The van der Waals surface area contributed by atoms with Gasteiger partial charge in [0.1, 0.15) is 5.82 Å². The summed E-state index contributed by atoms with van der Waals surface area (Å²) in [7, 11) is 1.83. The predicted molar refractivity (Wildman–Crippen MR) is 97.6 cm³/mol. The monoisotopic (exact) mass is 359 g/mol. The first kappa shape index (κ1) is 18.0. The van der Waals surface area contributed by atoms with Crippen LogP contribution in [0.1, 0.15) is 25.6 Å². The van der Waals surface area contributed by atoms with Crippen LogP contribution in [0.4, 0.5) is 0 Å². The molecule has 26 heavy (non-hydrogen) atoms. The standard InChI is InChI=1S/C17H25N7O2/c1-3-18-17(20-12-6-7-15(25)24(2)11-12)19-9-8-14-21-16(23-22-14)13-5-4-10-26-13/h4-5,10,12H,3,6-9,11H2,1-2H3,(H2,18,19,20)(H,21,22,23). The number of piperidine rings is 1. The Morgan fingerprint density at radius 3 is 3.15 bits per heavy atom. The van der Waals surface area contributed by atoms with E-state index in [1.807, 2.05) is 20.0 Å². The first-order chi connectivity index (χ1) is 12.7. The number of H-pyrrole nitrogens is 1. The lowest BCUT2D eigenvalue weighted by Crippen LogP contribution is -2.51. The molecule has 0 spiro atoms. The summed E-state index contributed by atoms with van der Waals surface area (Å²) < 4.78 is 5.29. The van der Waals surface area contributed by atoms with E-state index in [4.69, 9.17) is 4.42 Å². The molecule has 0 bridgehead atoms. The fraction of sp³-hybridized carbons (Fsp3) is 0.529. The third-order valence-electron chi connectivity index (χ3n) is 4.20. The number of likely N-dealkylation sites (N-methyl/N-ethyl adjacent to an activating group) is 1. The van der Waals surface area contributed by atoms with Gasteiger partial charge in [0, 0.05) is 45.6 Å². The van der Waals surface area contributed by atoms with Crippen LogP contribution < -0.4 is 10.6 Å². The predicted octanol–water partition coefficient (Wildman–Crippen LogP) is 0.783. The highest BCUT2D eigenvalue weighted by Crippen LogP contribution is 2.14. The second-order valence-corrected chi connectivity index (χ2v) is 6.25. The van der Waals surface area contributed by atoms with Crippen LogP contribution in [0.5, 0.6) is 0 Å². The molecule has 2 aromatic heterocycles. The zero-order valence-electron chi connectivity index (χ0n) is 15.2. The number of nitrogens with one attached hydrogen (secondary N) is 3. The van der Waals surface area contributed by atoms with Crippen molar-refractivity contribution in [2.24, 2.45) is 4.99 Å². The van der Waals surface area contributed by atoms with E-state index in [0.29, 0.717) is 37.5 Å². The molecule has 1 unspecified atom stereocenters. The molecule has 9 heteroatoms. The lowest BCUT2D eigenvalue weighted by atomic mass is 10.1. The van der Waals surface area contributed by atoms with Crippen molar-refractivity contribution < 1.29 is 9.21 Å². The zero-order valence-corrected chi connectivity index (χ0v) is 15.2. The molecule has 0 saturated carbocycles. The lowest BCUT2D eigenvalue weighted by molar-refractivity contribution is -0.132. The van der Waals surface area contributed by atoms with Crippen LogP contribution in [0.15, 0.2) is 27.8 Å². The summed E-state index contributed by atoms with van der Waals surface area (Å²) in [5.41, 5.74) is 0. The third kappa shape index (κ3) is 4.62. The maximum absolute atomic E-state index is 11.6. The van der Waals surface area contributed by atoms with E-state index >= 15 is 0 Å². The SMILES string of the molecule is CCNC(=NCCc1nc(-c2ccco2)n[nH]1)NC1CCC(=O)N(C)C1. The first-order valence-corrected chi connectivity index (χ1v) is 8.89. The molecule has 3 heterocycles. The van der Waals surface area contributed by atoms with Crippen molar-refractivity contribution in [2.45, 2.75) is 32.2 Å². The Labute approximate surface area is 152 Å². The van der Waals surface area contributed by atoms with E-state index in [1.54, 1.807) is 17.2 Å². The Kier molecular flexibility index (Phi) is 5.88. The number of guanidine groups is 1. The van der Waals surface area contributed by atoms with Crippen LogP contribution in [-0.2, 0) is 11.2 Å². The molecule has 140 valence electrons. The van der Waals surface area contributed by atoms with Crippen molar-refractivity contribution in [3.8, 4) is 11.6 Å². The van der Waals surface area contributed by atoms with Gasteiger partial charge < -0.3 is 20.0 Å². The number of carbonyl (C=O) groups is 1. The molecule has 1 atom stereocenters. The number of amides is 1. The van der Waals surface area contributed by atoms with E-state index in [2.05, 4.69) is 30.8 Å². The van der Waals surface area contributed by atoms with Gasteiger partial charge in [-0.2, -0.15) is 5.10 Å². The fourth-order valence-electron chi connectivity index (χ4n) is 2.84. The Bertz CT molecular complexity index is 738. The van der Waals surface area contributed by atoms with Crippen LogP contribution >= 0.6 is 0 Å². The fourth-order valence-corrected chi connectivity index (χ4v) is 2.84.